The van der Waals surface area contributed by atoms with Crippen LogP contribution in [0, 0.1) is 5.82 Å². The van der Waals surface area contributed by atoms with Crippen LogP contribution in [0.1, 0.15) is 38.3 Å². The molecule has 1 unspecified atom stereocenters. The van der Waals surface area contributed by atoms with E-state index < -0.39 is 9.84 Å². The molecule has 21 heavy (non-hydrogen) atoms. The van der Waals surface area contributed by atoms with Crippen LogP contribution in [-0.4, -0.2) is 33.6 Å². The van der Waals surface area contributed by atoms with Gasteiger partial charge >= 0.3 is 0 Å². The van der Waals surface area contributed by atoms with E-state index in [1.165, 1.54) is 12.3 Å². The molecule has 0 heterocycles. The number of ether oxygens (including phenoxy) is 1. The molecule has 0 radical (unpaired) electrons. The first-order valence-electron chi connectivity index (χ1n) is 7.17. The van der Waals surface area contributed by atoms with Gasteiger partial charge in [-0.15, -0.1) is 0 Å². The van der Waals surface area contributed by atoms with Crippen molar-refractivity contribution in [3.8, 4) is 5.75 Å². The smallest absolute Gasteiger partial charge is 0.147 e. The van der Waals surface area contributed by atoms with Crippen LogP contribution in [0.5, 0.6) is 5.75 Å². The second-order valence-corrected chi connectivity index (χ2v) is 7.45. The number of rotatable bonds is 9. The Bertz CT molecular complexity index is 546. The predicted molar refractivity (Wildman–Crippen MR) is 82.9 cm³/mol. The molecule has 0 aliphatic rings. The van der Waals surface area contributed by atoms with Crippen LogP contribution in [0.3, 0.4) is 0 Å². The van der Waals surface area contributed by atoms with Gasteiger partial charge in [0.1, 0.15) is 21.4 Å². The third kappa shape index (κ3) is 6.91. The SMILES string of the molecule is CCCNC(C)c1ccc(OCCCS(C)(=O)=O)cc1F. The molecule has 1 aromatic carbocycles. The highest BCUT2D eigenvalue weighted by molar-refractivity contribution is 7.90. The fourth-order valence-corrected chi connectivity index (χ4v) is 2.57. The lowest BCUT2D eigenvalue weighted by Crippen LogP contribution is -2.20. The first-order valence-corrected chi connectivity index (χ1v) is 9.23. The van der Waals surface area contributed by atoms with E-state index in [-0.39, 0.29) is 24.2 Å². The van der Waals surface area contributed by atoms with Crippen molar-refractivity contribution in [3.05, 3.63) is 29.6 Å². The Morgan fingerprint density at radius 1 is 1.38 bits per heavy atom. The molecular weight excluding hydrogens is 293 g/mol. The van der Waals surface area contributed by atoms with E-state index in [0.717, 1.165) is 13.0 Å². The van der Waals surface area contributed by atoms with Crippen LogP contribution < -0.4 is 10.1 Å². The van der Waals surface area contributed by atoms with Gasteiger partial charge in [0.05, 0.1) is 12.4 Å². The van der Waals surface area contributed by atoms with Crippen molar-refractivity contribution >= 4 is 9.84 Å². The summed E-state index contributed by atoms with van der Waals surface area (Å²) in [7, 11) is -2.98. The summed E-state index contributed by atoms with van der Waals surface area (Å²) >= 11 is 0. The lowest BCUT2D eigenvalue weighted by atomic mass is 10.1. The van der Waals surface area contributed by atoms with Crippen LogP contribution >= 0.6 is 0 Å². The summed E-state index contributed by atoms with van der Waals surface area (Å²) in [6.07, 6.45) is 2.58. The fourth-order valence-electron chi connectivity index (χ4n) is 1.93. The summed E-state index contributed by atoms with van der Waals surface area (Å²) in [5, 5.41) is 3.23. The van der Waals surface area contributed by atoms with Gasteiger partial charge in [-0.25, -0.2) is 12.8 Å². The molecule has 4 nitrogen and oxygen atoms in total. The Kier molecular flexibility index (Phi) is 7.11. The van der Waals surface area contributed by atoms with Crippen LogP contribution in [0.25, 0.3) is 0 Å². The van der Waals surface area contributed by atoms with Crippen molar-refractivity contribution in [1.29, 1.82) is 0 Å². The zero-order chi connectivity index (χ0) is 15.9. The number of sulfone groups is 1. The fraction of sp³-hybridized carbons (Fsp3) is 0.600. The van der Waals surface area contributed by atoms with E-state index in [4.69, 9.17) is 4.74 Å². The largest absolute Gasteiger partial charge is 0.493 e. The number of hydrogen-bond acceptors (Lipinski definition) is 4. The van der Waals surface area contributed by atoms with Crippen molar-refractivity contribution in [2.45, 2.75) is 32.7 Å². The van der Waals surface area contributed by atoms with Crippen LogP contribution in [0.15, 0.2) is 18.2 Å². The zero-order valence-corrected chi connectivity index (χ0v) is 13.7. The van der Waals surface area contributed by atoms with E-state index in [1.807, 2.05) is 6.92 Å². The van der Waals surface area contributed by atoms with Crippen LogP contribution in [0.2, 0.25) is 0 Å². The third-order valence-electron chi connectivity index (χ3n) is 3.07. The molecule has 0 amide bonds. The van der Waals surface area contributed by atoms with Gasteiger partial charge in [0.2, 0.25) is 0 Å². The molecule has 0 spiro atoms. The Hall–Kier alpha value is -1.14. The maximum absolute atomic E-state index is 14.0. The molecule has 120 valence electrons. The topological polar surface area (TPSA) is 55.4 Å². The quantitative estimate of drug-likeness (QED) is 0.712. The minimum atomic E-state index is -2.98. The van der Waals surface area contributed by atoms with Crippen LogP contribution in [-0.2, 0) is 9.84 Å². The molecule has 0 fully saturated rings. The predicted octanol–water partition coefficient (Wildman–Crippen LogP) is 2.70. The van der Waals surface area contributed by atoms with E-state index in [0.29, 0.717) is 17.7 Å². The molecule has 1 N–H and O–H groups in total. The zero-order valence-electron chi connectivity index (χ0n) is 12.9. The molecule has 1 atom stereocenters. The van der Waals surface area contributed by atoms with Gasteiger partial charge < -0.3 is 10.1 Å². The Balaban J connectivity index is 2.53. The molecule has 0 aromatic heterocycles. The van der Waals surface area contributed by atoms with Crippen molar-refractivity contribution in [1.82, 2.24) is 5.32 Å². The monoisotopic (exact) mass is 317 g/mol. The van der Waals surface area contributed by atoms with E-state index in [2.05, 4.69) is 12.2 Å². The van der Waals surface area contributed by atoms with Crippen molar-refractivity contribution in [2.24, 2.45) is 0 Å². The molecular formula is C15H24FNO3S. The van der Waals surface area contributed by atoms with Gasteiger partial charge in [-0.05, 0) is 32.4 Å². The molecule has 1 rings (SSSR count). The minimum Gasteiger partial charge on any atom is -0.493 e. The summed E-state index contributed by atoms with van der Waals surface area (Å²) in [5.41, 5.74) is 0.604. The lowest BCUT2D eigenvalue weighted by Gasteiger charge is -2.15. The summed E-state index contributed by atoms with van der Waals surface area (Å²) in [4.78, 5) is 0. The molecule has 6 heteroatoms. The number of benzene rings is 1. The first-order chi connectivity index (χ1) is 9.83. The van der Waals surface area contributed by atoms with Gasteiger partial charge in [0.25, 0.3) is 0 Å². The summed E-state index contributed by atoms with van der Waals surface area (Å²) < 4.78 is 41.3. The lowest BCUT2D eigenvalue weighted by molar-refractivity contribution is 0.315. The average Bonchev–Trinajstić information content (AvgIpc) is 2.40. The second kappa shape index (κ2) is 8.34. The van der Waals surface area contributed by atoms with E-state index >= 15 is 0 Å². The molecule has 0 bridgehead atoms. The highest BCUT2D eigenvalue weighted by Gasteiger charge is 2.11. The number of halogens is 1. The highest BCUT2D eigenvalue weighted by atomic mass is 32.2. The number of hydrogen-bond donors (Lipinski definition) is 1. The standard InChI is InChI=1S/C15H24FNO3S/c1-4-8-17-12(2)14-7-6-13(11-15(14)16)20-9-5-10-21(3,18)19/h6-7,11-12,17H,4-5,8-10H2,1-3H3. The van der Waals surface area contributed by atoms with Gasteiger partial charge in [0, 0.05) is 23.9 Å². The Morgan fingerprint density at radius 3 is 2.67 bits per heavy atom. The summed E-state index contributed by atoms with van der Waals surface area (Å²) in [6, 6.07) is 4.71. The van der Waals surface area contributed by atoms with Gasteiger partial charge in [0.15, 0.2) is 0 Å². The minimum absolute atomic E-state index is 0.0516. The van der Waals surface area contributed by atoms with Crippen molar-refractivity contribution in [3.63, 3.8) is 0 Å². The van der Waals surface area contributed by atoms with E-state index in [9.17, 15) is 12.8 Å². The molecule has 0 saturated heterocycles. The third-order valence-corrected chi connectivity index (χ3v) is 4.10. The summed E-state index contributed by atoms with van der Waals surface area (Å²) in [6.45, 7) is 5.07. The van der Waals surface area contributed by atoms with Crippen LogP contribution in [0.4, 0.5) is 4.39 Å². The maximum atomic E-state index is 14.0. The normalized spacial score (nSPS) is 13.1. The van der Waals surface area contributed by atoms with Gasteiger partial charge in [-0.2, -0.15) is 0 Å². The molecule has 1 aromatic rings. The van der Waals surface area contributed by atoms with E-state index in [1.54, 1.807) is 12.1 Å². The summed E-state index contributed by atoms with van der Waals surface area (Å²) in [5.74, 6) is 0.185. The second-order valence-electron chi connectivity index (χ2n) is 5.19. The van der Waals surface area contributed by atoms with Gasteiger partial charge in [-0.3, -0.25) is 0 Å². The molecule has 0 aliphatic carbocycles. The van der Waals surface area contributed by atoms with Crippen molar-refractivity contribution in [2.75, 3.05) is 25.2 Å². The average molecular weight is 317 g/mol. The van der Waals surface area contributed by atoms with Gasteiger partial charge in [-0.1, -0.05) is 13.0 Å². The maximum Gasteiger partial charge on any atom is 0.147 e. The highest BCUT2D eigenvalue weighted by Crippen LogP contribution is 2.22. The van der Waals surface area contributed by atoms with Crippen molar-refractivity contribution < 1.29 is 17.5 Å². The number of nitrogens with one attached hydrogen (secondary N) is 1. The Labute approximate surface area is 126 Å². The molecule has 0 aliphatic heterocycles. The first kappa shape index (κ1) is 17.9. The molecule has 0 saturated carbocycles. The Morgan fingerprint density at radius 2 is 2.10 bits per heavy atom.